The first kappa shape index (κ1) is 12.5. The molecule has 2 unspecified atom stereocenters. The second-order valence-electron chi connectivity index (χ2n) is 6.16. The Balaban J connectivity index is 1.73. The van der Waals surface area contributed by atoms with Gasteiger partial charge in [-0.25, -0.2) is 0 Å². The minimum absolute atomic E-state index is 0.185. The van der Waals surface area contributed by atoms with Gasteiger partial charge in [0.2, 0.25) is 0 Å². The van der Waals surface area contributed by atoms with E-state index in [1.54, 1.807) is 0 Å². The van der Waals surface area contributed by atoms with E-state index in [0.717, 1.165) is 13.0 Å². The Morgan fingerprint density at radius 1 is 1.16 bits per heavy atom. The highest BCUT2D eigenvalue weighted by molar-refractivity contribution is 6.42. The molecular formula is C15H17Cl2NO. The van der Waals surface area contributed by atoms with Crippen LogP contribution in [0.25, 0.3) is 0 Å². The fourth-order valence-corrected chi connectivity index (χ4v) is 4.91. The molecule has 2 nitrogen and oxygen atoms in total. The normalized spacial score (nSPS) is 43.7. The Morgan fingerprint density at radius 2 is 2.00 bits per heavy atom. The molecule has 3 heterocycles. The first-order valence-corrected chi connectivity index (χ1v) is 7.79. The molecule has 4 heteroatoms. The molecule has 0 aliphatic carbocycles. The maximum Gasteiger partial charge on any atom is 0.0716 e. The fourth-order valence-electron chi connectivity index (χ4n) is 4.60. The lowest BCUT2D eigenvalue weighted by Crippen LogP contribution is -2.41. The van der Waals surface area contributed by atoms with Crippen LogP contribution in [0.4, 0.5) is 0 Å². The predicted octanol–water partition coefficient (Wildman–Crippen LogP) is 3.30. The van der Waals surface area contributed by atoms with E-state index in [1.165, 1.54) is 18.4 Å². The molecule has 3 fully saturated rings. The number of halogens is 2. The Morgan fingerprint density at radius 3 is 2.79 bits per heavy atom. The van der Waals surface area contributed by atoms with Crippen LogP contribution in [-0.4, -0.2) is 34.7 Å². The van der Waals surface area contributed by atoms with Crippen LogP contribution < -0.4 is 0 Å². The molecule has 0 aromatic heterocycles. The van der Waals surface area contributed by atoms with Gasteiger partial charge < -0.3 is 5.11 Å². The van der Waals surface area contributed by atoms with Gasteiger partial charge in [-0.3, -0.25) is 4.90 Å². The summed E-state index contributed by atoms with van der Waals surface area (Å²) >= 11 is 12.2. The van der Waals surface area contributed by atoms with Gasteiger partial charge in [0.1, 0.15) is 0 Å². The molecule has 0 radical (unpaired) electrons. The lowest BCUT2D eigenvalue weighted by atomic mass is 9.77. The van der Waals surface area contributed by atoms with E-state index in [1.807, 2.05) is 12.1 Å². The molecule has 1 aromatic rings. The summed E-state index contributed by atoms with van der Waals surface area (Å²) in [6, 6.07) is 7.19. The second kappa shape index (κ2) is 4.36. The number of hydrogen-bond donors (Lipinski definition) is 1. The van der Waals surface area contributed by atoms with Crippen LogP contribution in [0.15, 0.2) is 18.2 Å². The Bertz CT molecular complexity index is 521. The van der Waals surface area contributed by atoms with E-state index in [9.17, 15) is 5.11 Å². The molecule has 6 atom stereocenters. The molecule has 3 aliphatic rings. The van der Waals surface area contributed by atoms with Crippen molar-refractivity contribution in [3.63, 3.8) is 0 Å². The van der Waals surface area contributed by atoms with Crippen molar-refractivity contribution in [2.75, 3.05) is 6.54 Å². The van der Waals surface area contributed by atoms with Crippen molar-refractivity contribution in [1.29, 1.82) is 0 Å². The molecule has 1 aromatic carbocycles. The Labute approximate surface area is 123 Å². The number of aliphatic hydroxyl groups excluding tert-OH is 1. The number of nitrogens with zero attached hydrogens (tertiary/aromatic N) is 1. The summed E-state index contributed by atoms with van der Waals surface area (Å²) in [7, 11) is 0. The summed E-state index contributed by atoms with van der Waals surface area (Å²) in [5, 5.41) is 11.6. The van der Waals surface area contributed by atoms with Gasteiger partial charge >= 0.3 is 0 Å². The minimum Gasteiger partial charge on any atom is -0.391 e. The van der Waals surface area contributed by atoms with Crippen LogP contribution in [0, 0.1) is 5.92 Å². The molecular weight excluding hydrogens is 281 g/mol. The molecule has 3 aliphatic heterocycles. The molecule has 3 saturated heterocycles. The van der Waals surface area contributed by atoms with Crippen molar-refractivity contribution in [2.45, 2.75) is 43.4 Å². The van der Waals surface area contributed by atoms with E-state index in [2.05, 4.69) is 11.0 Å². The van der Waals surface area contributed by atoms with Gasteiger partial charge in [0.25, 0.3) is 0 Å². The van der Waals surface area contributed by atoms with Crippen molar-refractivity contribution < 1.29 is 5.11 Å². The van der Waals surface area contributed by atoms with Crippen LogP contribution in [-0.2, 0) is 0 Å². The molecule has 4 bridgehead atoms. The summed E-state index contributed by atoms with van der Waals surface area (Å²) in [6.07, 6.45) is 3.49. The molecule has 0 spiro atoms. The largest absolute Gasteiger partial charge is 0.391 e. The van der Waals surface area contributed by atoms with E-state index in [4.69, 9.17) is 23.2 Å². The van der Waals surface area contributed by atoms with Crippen molar-refractivity contribution in [2.24, 2.45) is 5.92 Å². The first-order chi connectivity index (χ1) is 9.15. The number of hydrogen-bond acceptors (Lipinski definition) is 2. The van der Waals surface area contributed by atoms with Gasteiger partial charge in [0.15, 0.2) is 0 Å². The number of benzene rings is 1. The molecule has 19 heavy (non-hydrogen) atoms. The highest BCUT2D eigenvalue weighted by Gasteiger charge is 2.55. The third-order valence-corrected chi connectivity index (χ3v) is 6.08. The fraction of sp³-hybridized carbons (Fsp3) is 0.600. The monoisotopic (exact) mass is 297 g/mol. The summed E-state index contributed by atoms with van der Waals surface area (Å²) < 4.78 is 0. The van der Waals surface area contributed by atoms with E-state index >= 15 is 0 Å². The van der Waals surface area contributed by atoms with E-state index in [-0.39, 0.29) is 6.10 Å². The van der Waals surface area contributed by atoms with Gasteiger partial charge in [0, 0.05) is 24.5 Å². The topological polar surface area (TPSA) is 23.5 Å². The number of piperidine rings is 1. The van der Waals surface area contributed by atoms with Gasteiger partial charge in [-0.2, -0.15) is 0 Å². The van der Waals surface area contributed by atoms with Crippen LogP contribution >= 0.6 is 23.2 Å². The Kier molecular flexibility index (Phi) is 2.86. The SMILES string of the molecule is OC1CN2[C@H]3CC[C@@H]2[C@H]1[C@@H](c1ccc(Cl)c(Cl)c1)C3. The highest BCUT2D eigenvalue weighted by atomic mass is 35.5. The molecule has 0 amide bonds. The van der Waals surface area contributed by atoms with E-state index < -0.39 is 0 Å². The molecule has 0 saturated carbocycles. The minimum atomic E-state index is -0.185. The average Bonchev–Trinajstić information content (AvgIpc) is 2.78. The van der Waals surface area contributed by atoms with Crippen LogP contribution in [0.3, 0.4) is 0 Å². The molecule has 4 rings (SSSR count). The zero-order valence-electron chi connectivity index (χ0n) is 10.6. The zero-order chi connectivity index (χ0) is 13.1. The Hall–Kier alpha value is -0.280. The average molecular weight is 298 g/mol. The van der Waals surface area contributed by atoms with Crippen molar-refractivity contribution in [3.8, 4) is 0 Å². The lowest BCUT2D eigenvalue weighted by Gasteiger charge is -2.37. The van der Waals surface area contributed by atoms with Gasteiger partial charge in [0.05, 0.1) is 16.1 Å². The lowest BCUT2D eigenvalue weighted by molar-refractivity contribution is 0.113. The third-order valence-electron chi connectivity index (χ3n) is 5.34. The van der Waals surface area contributed by atoms with Crippen molar-refractivity contribution >= 4 is 23.2 Å². The molecule has 1 N–H and O–H groups in total. The van der Waals surface area contributed by atoms with Gasteiger partial charge in [-0.05, 0) is 42.9 Å². The maximum atomic E-state index is 10.4. The second-order valence-corrected chi connectivity index (χ2v) is 6.97. The zero-order valence-corrected chi connectivity index (χ0v) is 12.1. The third kappa shape index (κ3) is 1.77. The van der Waals surface area contributed by atoms with Crippen molar-refractivity contribution in [3.05, 3.63) is 33.8 Å². The quantitative estimate of drug-likeness (QED) is 0.860. The highest BCUT2D eigenvalue weighted by Crippen LogP contribution is 2.52. The smallest absolute Gasteiger partial charge is 0.0716 e. The summed E-state index contributed by atoms with van der Waals surface area (Å²) in [4.78, 5) is 2.53. The predicted molar refractivity (Wildman–Crippen MR) is 76.8 cm³/mol. The van der Waals surface area contributed by atoms with Crippen molar-refractivity contribution in [1.82, 2.24) is 4.90 Å². The molecule has 102 valence electrons. The number of aliphatic hydroxyl groups is 1. The van der Waals surface area contributed by atoms with Gasteiger partial charge in [-0.15, -0.1) is 0 Å². The standard InChI is InChI=1S/C15H17Cl2NO/c16-11-3-1-8(5-12(11)17)10-6-9-2-4-13-15(10)14(19)7-18(9)13/h1,3,5,9-10,13-15,19H,2,4,6-7H2/t9-,10+,13+,14?,15+/m0/s1. The maximum absolute atomic E-state index is 10.4. The van der Waals surface area contributed by atoms with Gasteiger partial charge in [-0.1, -0.05) is 29.3 Å². The number of rotatable bonds is 1. The summed E-state index contributed by atoms with van der Waals surface area (Å²) in [6.45, 7) is 0.859. The van der Waals surface area contributed by atoms with Crippen LogP contribution in [0.5, 0.6) is 0 Å². The van der Waals surface area contributed by atoms with E-state index in [0.29, 0.717) is 34.0 Å². The van der Waals surface area contributed by atoms with Crippen LogP contribution in [0.2, 0.25) is 10.0 Å². The summed E-state index contributed by atoms with van der Waals surface area (Å²) in [5.74, 6) is 0.803. The van der Waals surface area contributed by atoms with Crippen LogP contribution in [0.1, 0.15) is 30.7 Å². The first-order valence-electron chi connectivity index (χ1n) is 7.04. The summed E-state index contributed by atoms with van der Waals surface area (Å²) in [5.41, 5.74) is 1.25.